The number of nitrogens with one attached hydrogen (secondary N) is 1. The van der Waals surface area contributed by atoms with Crippen LogP contribution >= 0.6 is 22.9 Å². The maximum atomic E-state index is 12.7. The highest BCUT2D eigenvalue weighted by Crippen LogP contribution is 2.33. The maximum Gasteiger partial charge on any atom is 0.337 e. The number of thiazole rings is 1. The zero-order valence-electron chi connectivity index (χ0n) is 16.5. The van der Waals surface area contributed by atoms with Gasteiger partial charge in [-0.3, -0.25) is 4.79 Å². The van der Waals surface area contributed by atoms with Crippen molar-refractivity contribution in [2.75, 3.05) is 12.4 Å². The van der Waals surface area contributed by atoms with E-state index in [2.05, 4.69) is 5.32 Å². The highest BCUT2D eigenvalue weighted by atomic mass is 35.5. The van der Waals surface area contributed by atoms with Gasteiger partial charge < -0.3 is 10.1 Å². The van der Waals surface area contributed by atoms with Crippen molar-refractivity contribution >= 4 is 40.5 Å². The maximum absolute atomic E-state index is 12.7. The van der Waals surface area contributed by atoms with E-state index in [0.717, 1.165) is 21.8 Å². The first-order valence-electron chi connectivity index (χ1n) is 9.36. The topological polar surface area (TPSA) is 68.3 Å². The molecule has 0 saturated heterocycles. The minimum Gasteiger partial charge on any atom is -0.465 e. The van der Waals surface area contributed by atoms with E-state index in [1.165, 1.54) is 24.5 Å². The van der Waals surface area contributed by atoms with Crippen LogP contribution in [0.3, 0.4) is 0 Å². The molecule has 0 spiro atoms. The molecule has 154 valence electrons. The van der Waals surface area contributed by atoms with Gasteiger partial charge in [-0.05, 0) is 36.4 Å². The number of carbonyl (C=O) groups is 2. The molecule has 1 amide bonds. The molecular weight excluding hydrogens is 432 g/mol. The van der Waals surface area contributed by atoms with Crippen LogP contribution in [0.1, 0.15) is 20.7 Å². The molecule has 0 bridgehead atoms. The van der Waals surface area contributed by atoms with Gasteiger partial charge in [0, 0.05) is 27.8 Å². The number of hydrogen-bond acceptors (Lipinski definition) is 5. The second kappa shape index (κ2) is 9.12. The molecule has 1 aromatic heterocycles. The highest BCUT2D eigenvalue weighted by Gasteiger charge is 2.13. The normalized spacial score (nSPS) is 10.5. The Kier molecular flexibility index (Phi) is 6.11. The van der Waals surface area contributed by atoms with Crippen molar-refractivity contribution in [3.63, 3.8) is 0 Å². The van der Waals surface area contributed by atoms with Gasteiger partial charge in [0.25, 0.3) is 5.91 Å². The second-order valence-electron chi connectivity index (χ2n) is 6.63. The molecule has 3 aromatic carbocycles. The molecule has 0 aliphatic heterocycles. The van der Waals surface area contributed by atoms with Gasteiger partial charge in [0.2, 0.25) is 0 Å². The summed E-state index contributed by atoms with van der Waals surface area (Å²) in [6, 6.07) is 21.4. The molecule has 0 saturated carbocycles. The lowest BCUT2D eigenvalue weighted by Crippen LogP contribution is -2.13. The summed E-state index contributed by atoms with van der Waals surface area (Å²) in [4.78, 5) is 29.1. The number of amides is 1. The zero-order valence-corrected chi connectivity index (χ0v) is 18.0. The number of hydrogen-bond donors (Lipinski definition) is 1. The second-order valence-corrected chi connectivity index (χ2v) is 7.89. The molecule has 5 nitrogen and oxygen atoms in total. The summed E-state index contributed by atoms with van der Waals surface area (Å²) in [5, 5.41) is 6.30. The van der Waals surface area contributed by atoms with E-state index in [-0.39, 0.29) is 5.91 Å². The Bertz CT molecular complexity index is 1270. The number of halogens is 1. The molecule has 0 fully saturated rings. The van der Waals surface area contributed by atoms with Crippen LogP contribution in [-0.2, 0) is 4.74 Å². The third-order valence-electron chi connectivity index (χ3n) is 4.57. The fourth-order valence-corrected chi connectivity index (χ4v) is 4.18. The molecule has 0 atom stereocenters. The molecule has 4 aromatic rings. The number of carbonyl (C=O) groups excluding carboxylic acids is 2. The summed E-state index contributed by atoms with van der Waals surface area (Å²) in [7, 11) is 1.30. The molecule has 0 aliphatic carbocycles. The monoisotopic (exact) mass is 448 g/mol. The van der Waals surface area contributed by atoms with Gasteiger partial charge in [-0.1, -0.05) is 48.0 Å². The third kappa shape index (κ3) is 4.66. The summed E-state index contributed by atoms with van der Waals surface area (Å²) in [5.74, 6) is -0.813. The first-order chi connectivity index (χ1) is 15.0. The largest absolute Gasteiger partial charge is 0.465 e. The number of aromatic nitrogens is 1. The molecule has 4 rings (SSSR count). The van der Waals surface area contributed by atoms with Crippen molar-refractivity contribution in [2.45, 2.75) is 0 Å². The number of methoxy groups -OCH3 is 1. The average molecular weight is 449 g/mol. The number of nitrogens with zero attached hydrogens (tertiary/aromatic N) is 1. The Labute approximate surface area is 188 Å². The summed E-state index contributed by atoms with van der Waals surface area (Å²) in [6.45, 7) is 0. The van der Waals surface area contributed by atoms with Gasteiger partial charge in [-0.25, -0.2) is 9.78 Å². The fraction of sp³-hybridized carbons (Fsp3) is 0.0417. The quantitative estimate of drug-likeness (QED) is 0.371. The van der Waals surface area contributed by atoms with Crippen molar-refractivity contribution in [1.29, 1.82) is 0 Å². The van der Waals surface area contributed by atoms with Crippen LogP contribution in [0.25, 0.3) is 21.8 Å². The lowest BCUT2D eigenvalue weighted by molar-refractivity contribution is 0.0600. The van der Waals surface area contributed by atoms with Gasteiger partial charge in [-0.2, -0.15) is 0 Å². The smallest absolute Gasteiger partial charge is 0.337 e. The van der Waals surface area contributed by atoms with Crippen LogP contribution in [0, 0.1) is 0 Å². The Hall–Kier alpha value is -3.48. The van der Waals surface area contributed by atoms with E-state index < -0.39 is 5.97 Å². The number of anilines is 1. The number of ether oxygens (including phenoxy) is 1. The molecule has 0 aliphatic rings. The molecule has 1 heterocycles. The third-order valence-corrected chi connectivity index (χ3v) is 5.78. The van der Waals surface area contributed by atoms with Crippen LogP contribution in [0.5, 0.6) is 0 Å². The van der Waals surface area contributed by atoms with Crippen LogP contribution in [0.15, 0.2) is 78.2 Å². The van der Waals surface area contributed by atoms with Crippen molar-refractivity contribution in [3.05, 3.63) is 94.3 Å². The zero-order chi connectivity index (χ0) is 21.8. The Morgan fingerprint density at radius 2 is 1.74 bits per heavy atom. The first-order valence-corrected chi connectivity index (χ1v) is 10.6. The van der Waals surface area contributed by atoms with Gasteiger partial charge in [-0.15, -0.1) is 11.3 Å². The summed E-state index contributed by atoms with van der Waals surface area (Å²) >= 11 is 7.79. The molecule has 31 heavy (non-hydrogen) atoms. The molecular formula is C24H17ClN2O3S. The Balaban J connectivity index is 1.55. The van der Waals surface area contributed by atoms with Crippen molar-refractivity contribution in [1.82, 2.24) is 4.98 Å². The summed E-state index contributed by atoms with van der Waals surface area (Å²) in [5.41, 5.74) is 3.86. The van der Waals surface area contributed by atoms with E-state index in [1.54, 1.807) is 24.3 Å². The van der Waals surface area contributed by atoms with E-state index in [4.69, 9.17) is 21.3 Å². The Morgan fingerprint density at radius 3 is 2.55 bits per heavy atom. The van der Waals surface area contributed by atoms with Gasteiger partial charge in [0.1, 0.15) is 5.01 Å². The molecule has 0 unspecified atom stereocenters. The highest BCUT2D eigenvalue weighted by molar-refractivity contribution is 7.13. The lowest BCUT2D eigenvalue weighted by Gasteiger charge is -2.08. The SMILES string of the molecule is COC(=O)c1cccc(C(=O)Nc2cccc(-c3csc(-c4ccccc4Cl)n3)c2)c1. The minimum atomic E-state index is -0.491. The average Bonchev–Trinajstić information content (AvgIpc) is 3.29. The summed E-state index contributed by atoms with van der Waals surface area (Å²) in [6.07, 6.45) is 0. The van der Waals surface area contributed by atoms with Crippen molar-refractivity contribution in [2.24, 2.45) is 0 Å². The van der Waals surface area contributed by atoms with Gasteiger partial charge in [0.05, 0.1) is 23.4 Å². The standard InChI is InChI=1S/C24H17ClN2O3S/c1-30-24(29)17-8-4-7-16(12-17)22(28)26-18-9-5-6-15(13-18)21-14-31-23(27-21)19-10-2-3-11-20(19)25/h2-14H,1H3,(H,26,28). The summed E-state index contributed by atoms with van der Waals surface area (Å²) < 4.78 is 4.71. The fourth-order valence-electron chi connectivity index (χ4n) is 3.03. The van der Waals surface area contributed by atoms with Crippen LogP contribution < -0.4 is 5.32 Å². The lowest BCUT2D eigenvalue weighted by atomic mass is 10.1. The molecule has 0 radical (unpaired) electrons. The van der Waals surface area contributed by atoms with E-state index in [1.807, 2.05) is 47.8 Å². The minimum absolute atomic E-state index is 0.318. The first kappa shape index (κ1) is 20.8. The van der Waals surface area contributed by atoms with Gasteiger partial charge >= 0.3 is 5.97 Å². The number of rotatable bonds is 5. The Morgan fingerprint density at radius 1 is 0.968 bits per heavy atom. The van der Waals surface area contributed by atoms with Crippen LogP contribution in [0.2, 0.25) is 5.02 Å². The number of benzene rings is 3. The predicted octanol–water partition coefficient (Wildman–Crippen LogP) is 6.17. The number of esters is 1. The van der Waals surface area contributed by atoms with E-state index >= 15 is 0 Å². The van der Waals surface area contributed by atoms with E-state index in [9.17, 15) is 9.59 Å². The van der Waals surface area contributed by atoms with Crippen LogP contribution in [0.4, 0.5) is 5.69 Å². The van der Waals surface area contributed by atoms with Crippen molar-refractivity contribution < 1.29 is 14.3 Å². The van der Waals surface area contributed by atoms with Crippen molar-refractivity contribution in [3.8, 4) is 21.8 Å². The van der Waals surface area contributed by atoms with E-state index in [0.29, 0.717) is 21.8 Å². The molecule has 1 N–H and O–H groups in total. The predicted molar refractivity (Wildman–Crippen MR) is 124 cm³/mol. The molecule has 7 heteroatoms. The van der Waals surface area contributed by atoms with Gasteiger partial charge in [0.15, 0.2) is 0 Å². The van der Waals surface area contributed by atoms with Crippen LogP contribution in [-0.4, -0.2) is 24.0 Å².